The van der Waals surface area contributed by atoms with Crippen LogP contribution >= 0.6 is 11.3 Å². The standard InChI is InChI=1S/C14H24N2O3S/c1-5-6-7-8-16-13-11(19-9(2)3)10(15)12(20-13)14(17)18-4/h9,16H,5-8,15H2,1-4H3. The van der Waals surface area contributed by atoms with Gasteiger partial charge in [0.05, 0.1) is 13.2 Å². The number of methoxy groups -OCH3 is 1. The van der Waals surface area contributed by atoms with Gasteiger partial charge in [-0.3, -0.25) is 0 Å². The van der Waals surface area contributed by atoms with Crippen LogP contribution in [0.15, 0.2) is 0 Å². The highest BCUT2D eigenvalue weighted by molar-refractivity contribution is 7.19. The molecule has 0 saturated carbocycles. The molecule has 6 heteroatoms. The number of carbonyl (C=O) groups is 1. The van der Waals surface area contributed by atoms with Gasteiger partial charge < -0.3 is 20.5 Å². The number of unbranched alkanes of at least 4 members (excludes halogenated alkanes) is 2. The maximum atomic E-state index is 11.7. The summed E-state index contributed by atoms with van der Waals surface area (Å²) in [6, 6.07) is 0. The van der Waals surface area contributed by atoms with E-state index in [1.165, 1.54) is 18.4 Å². The summed E-state index contributed by atoms with van der Waals surface area (Å²) in [4.78, 5) is 12.1. The first-order valence-electron chi connectivity index (χ1n) is 6.92. The summed E-state index contributed by atoms with van der Waals surface area (Å²) in [5, 5.41) is 4.10. The molecule has 0 unspecified atom stereocenters. The van der Waals surface area contributed by atoms with Gasteiger partial charge in [-0.1, -0.05) is 19.8 Å². The van der Waals surface area contributed by atoms with Crippen molar-refractivity contribution in [3.8, 4) is 5.75 Å². The smallest absolute Gasteiger partial charge is 0.350 e. The molecule has 20 heavy (non-hydrogen) atoms. The van der Waals surface area contributed by atoms with Crippen molar-refractivity contribution in [1.82, 2.24) is 0 Å². The second-order valence-electron chi connectivity index (χ2n) is 4.80. The Labute approximate surface area is 124 Å². The van der Waals surface area contributed by atoms with Gasteiger partial charge in [0.25, 0.3) is 0 Å². The highest BCUT2D eigenvalue weighted by Gasteiger charge is 2.23. The van der Waals surface area contributed by atoms with Crippen LogP contribution in [-0.4, -0.2) is 25.7 Å². The van der Waals surface area contributed by atoms with Crippen molar-refractivity contribution in [3.63, 3.8) is 0 Å². The van der Waals surface area contributed by atoms with Crippen molar-refractivity contribution >= 4 is 28.0 Å². The number of rotatable bonds is 8. The van der Waals surface area contributed by atoms with Gasteiger partial charge in [0.2, 0.25) is 0 Å². The normalized spacial score (nSPS) is 10.7. The minimum atomic E-state index is -0.428. The van der Waals surface area contributed by atoms with Crippen LogP contribution in [0.5, 0.6) is 5.75 Å². The van der Waals surface area contributed by atoms with Crippen LogP contribution < -0.4 is 15.8 Å². The minimum absolute atomic E-state index is 0.00594. The fraction of sp³-hybridized carbons (Fsp3) is 0.643. The van der Waals surface area contributed by atoms with E-state index in [0.717, 1.165) is 30.8 Å². The van der Waals surface area contributed by atoms with E-state index < -0.39 is 5.97 Å². The summed E-state index contributed by atoms with van der Waals surface area (Å²) in [5.41, 5.74) is 6.36. The maximum absolute atomic E-state index is 11.7. The Morgan fingerprint density at radius 3 is 2.65 bits per heavy atom. The highest BCUT2D eigenvalue weighted by atomic mass is 32.1. The van der Waals surface area contributed by atoms with Gasteiger partial charge in [0.15, 0.2) is 5.75 Å². The average Bonchev–Trinajstić information content (AvgIpc) is 2.71. The van der Waals surface area contributed by atoms with Crippen LogP contribution in [-0.2, 0) is 4.74 Å². The van der Waals surface area contributed by atoms with E-state index >= 15 is 0 Å². The lowest BCUT2D eigenvalue weighted by molar-refractivity contribution is 0.0607. The molecule has 0 amide bonds. The van der Waals surface area contributed by atoms with E-state index in [1.807, 2.05) is 13.8 Å². The third kappa shape index (κ3) is 4.30. The van der Waals surface area contributed by atoms with Gasteiger partial charge in [-0.2, -0.15) is 0 Å². The molecule has 0 bridgehead atoms. The van der Waals surface area contributed by atoms with Crippen LogP contribution in [0.3, 0.4) is 0 Å². The van der Waals surface area contributed by atoms with Crippen molar-refractivity contribution in [1.29, 1.82) is 0 Å². The van der Waals surface area contributed by atoms with Gasteiger partial charge >= 0.3 is 5.97 Å². The second-order valence-corrected chi connectivity index (χ2v) is 5.82. The number of thiophene rings is 1. The molecule has 3 N–H and O–H groups in total. The van der Waals surface area contributed by atoms with E-state index in [-0.39, 0.29) is 6.10 Å². The van der Waals surface area contributed by atoms with E-state index in [9.17, 15) is 4.79 Å². The van der Waals surface area contributed by atoms with Crippen molar-refractivity contribution in [2.24, 2.45) is 0 Å². The van der Waals surface area contributed by atoms with E-state index in [2.05, 4.69) is 12.2 Å². The molecule has 0 radical (unpaired) electrons. The zero-order chi connectivity index (χ0) is 15.1. The van der Waals surface area contributed by atoms with Crippen LogP contribution in [0.25, 0.3) is 0 Å². The Bertz CT molecular complexity index is 444. The molecule has 0 aliphatic carbocycles. The summed E-state index contributed by atoms with van der Waals surface area (Å²) < 4.78 is 10.5. The summed E-state index contributed by atoms with van der Waals surface area (Å²) in [6.07, 6.45) is 3.39. The molecule has 0 atom stereocenters. The zero-order valence-corrected chi connectivity index (χ0v) is 13.4. The number of hydrogen-bond donors (Lipinski definition) is 2. The summed E-state index contributed by atoms with van der Waals surface area (Å²) >= 11 is 1.28. The molecule has 0 spiro atoms. The van der Waals surface area contributed by atoms with Crippen molar-refractivity contribution < 1.29 is 14.3 Å². The van der Waals surface area contributed by atoms with Crippen molar-refractivity contribution in [3.05, 3.63) is 4.88 Å². The van der Waals surface area contributed by atoms with E-state index in [4.69, 9.17) is 15.2 Å². The lowest BCUT2D eigenvalue weighted by atomic mass is 10.2. The number of esters is 1. The van der Waals surface area contributed by atoms with Crippen LogP contribution in [0, 0.1) is 0 Å². The largest absolute Gasteiger partial charge is 0.486 e. The Hall–Kier alpha value is -1.43. The quantitative estimate of drug-likeness (QED) is 0.568. The predicted octanol–water partition coefficient (Wildman–Crippen LogP) is 3.51. The van der Waals surface area contributed by atoms with Crippen molar-refractivity contribution in [2.75, 3.05) is 24.7 Å². The third-order valence-corrected chi connectivity index (χ3v) is 3.81. The molecule has 0 aromatic carbocycles. The van der Waals surface area contributed by atoms with Crippen molar-refractivity contribution in [2.45, 2.75) is 46.1 Å². The monoisotopic (exact) mass is 300 g/mol. The Balaban J connectivity index is 2.91. The molecule has 1 heterocycles. The average molecular weight is 300 g/mol. The van der Waals surface area contributed by atoms with Gasteiger partial charge in [0.1, 0.15) is 15.6 Å². The van der Waals surface area contributed by atoms with Crippen LogP contribution in [0.2, 0.25) is 0 Å². The topological polar surface area (TPSA) is 73.6 Å². The molecular weight excluding hydrogens is 276 g/mol. The number of carbonyl (C=O) groups excluding carboxylic acids is 1. The lowest BCUT2D eigenvalue weighted by Gasteiger charge is -2.12. The molecule has 0 aliphatic rings. The van der Waals surface area contributed by atoms with Gasteiger partial charge in [-0.25, -0.2) is 4.79 Å². The SMILES string of the molecule is CCCCCNc1sc(C(=O)OC)c(N)c1OC(C)C. The van der Waals surface area contributed by atoms with Gasteiger partial charge in [-0.15, -0.1) is 11.3 Å². The van der Waals surface area contributed by atoms with Gasteiger partial charge in [-0.05, 0) is 20.3 Å². The first-order chi connectivity index (χ1) is 9.51. The van der Waals surface area contributed by atoms with Crippen LogP contribution in [0.1, 0.15) is 49.7 Å². The summed E-state index contributed by atoms with van der Waals surface area (Å²) in [6.45, 7) is 6.85. The number of nitrogens with one attached hydrogen (secondary N) is 1. The highest BCUT2D eigenvalue weighted by Crippen LogP contribution is 2.43. The van der Waals surface area contributed by atoms with E-state index in [0.29, 0.717) is 16.3 Å². The fourth-order valence-electron chi connectivity index (χ4n) is 1.72. The number of nitrogen functional groups attached to an aromatic ring is 1. The first kappa shape index (κ1) is 16.6. The molecule has 114 valence electrons. The molecule has 0 aliphatic heterocycles. The zero-order valence-electron chi connectivity index (χ0n) is 12.6. The van der Waals surface area contributed by atoms with E-state index in [1.54, 1.807) is 0 Å². The summed E-state index contributed by atoms with van der Waals surface area (Å²) in [7, 11) is 1.35. The second kappa shape index (κ2) is 7.99. The number of hydrogen-bond acceptors (Lipinski definition) is 6. The number of ether oxygens (including phenoxy) is 2. The Morgan fingerprint density at radius 1 is 1.40 bits per heavy atom. The molecule has 5 nitrogen and oxygen atoms in total. The summed E-state index contributed by atoms with van der Waals surface area (Å²) in [5.74, 6) is 0.129. The Morgan fingerprint density at radius 2 is 2.10 bits per heavy atom. The predicted molar refractivity (Wildman–Crippen MR) is 83.8 cm³/mol. The number of nitrogens with two attached hydrogens (primary N) is 1. The third-order valence-electron chi connectivity index (χ3n) is 2.69. The molecule has 1 rings (SSSR count). The molecule has 1 aromatic heterocycles. The maximum Gasteiger partial charge on any atom is 0.350 e. The molecular formula is C14H24N2O3S. The van der Waals surface area contributed by atoms with Gasteiger partial charge in [0, 0.05) is 6.54 Å². The number of anilines is 2. The van der Waals surface area contributed by atoms with Crippen LogP contribution in [0.4, 0.5) is 10.7 Å². The molecule has 1 aromatic rings. The molecule has 0 fully saturated rings. The molecule has 0 saturated heterocycles. The fourth-order valence-corrected chi connectivity index (χ4v) is 2.72. The Kier molecular flexibility index (Phi) is 6.64. The lowest BCUT2D eigenvalue weighted by Crippen LogP contribution is -2.09. The minimum Gasteiger partial charge on any atom is -0.486 e. The first-order valence-corrected chi connectivity index (χ1v) is 7.74.